The van der Waals surface area contributed by atoms with Crippen LogP contribution in [0.2, 0.25) is 0 Å². The van der Waals surface area contributed by atoms with Crippen LogP contribution in [0, 0.1) is 17.1 Å². The highest BCUT2D eigenvalue weighted by atomic mass is 19.1. The molecule has 2 saturated heterocycles. The minimum atomic E-state index is -1.05. The average Bonchev–Trinajstić information content (AvgIpc) is 3.63. The molecule has 2 N–H and O–H groups in total. The van der Waals surface area contributed by atoms with E-state index in [1.165, 1.54) is 10.7 Å². The number of rotatable bonds is 5. The van der Waals surface area contributed by atoms with Gasteiger partial charge in [-0.2, -0.15) is 10.4 Å². The molecule has 6 rings (SSSR count). The zero-order valence-corrected chi connectivity index (χ0v) is 20.7. The molecular formula is C26H28F2N8O. The monoisotopic (exact) mass is 506 g/mol. The van der Waals surface area contributed by atoms with Crippen molar-refractivity contribution in [3.05, 3.63) is 42.1 Å². The van der Waals surface area contributed by atoms with Crippen LogP contribution in [-0.4, -0.2) is 59.4 Å². The van der Waals surface area contributed by atoms with Crippen LogP contribution < -0.4 is 10.2 Å². The fourth-order valence-electron chi connectivity index (χ4n) is 6.15. The Bertz CT molecular complexity index is 1380. The second kappa shape index (κ2) is 8.45. The molecule has 0 unspecified atom stereocenters. The van der Waals surface area contributed by atoms with Crippen molar-refractivity contribution >= 4 is 5.82 Å². The molecule has 4 heterocycles. The zero-order valence-electron chi connectivity index (χ0n) is 20.7. The summed E-state index contributed by atoms with van der Waals surface area (Å²) in [6.07, 6.45) is 7.12. The summed E-state index contributed by atoms with van der Waals surface area (Å²) in [5, 5.41) is 35.7. The van der Waals surface area contributed by atoms with Crippen molar-refractivity contribution in [3.8, 4) is 28.9 Å². The van der Waals surface area contributed by atoms with Gasteiger partial charge in [0.1, 0.15) is 18.0 Å². The number of anilines is 1. The summed E-state index contributed by atoms with van der Waals surface area (Å²) in [7, 11) is 0. The predicted molar refractivity (Wildman–Crippen MR) is 131 cm³/mol. The Morgan fingerprint density at radius 1 is 1.24 bits per heavy atom. The third kappa shape index (κ3) is 4.09. The second-order valence-electron chi connectivity index (χ2n) is 11.0. The number of halogens is 2. The highest BCUT2D eigenvalue weighted by molar-refractivity contribution is 5.66. The first-order chi connectivity index (χ1) is 17.7. The van der Waals surface area contributed by atoms with Gasteiger partial charge in [-0.15, -0.1) is 10.2 Å². The molecule has 3 fully saturated rings. The minimum absolute atomic E-state index is 0.118. The van der Waals surface area contributed by atoms with Gasteiger partial charge in [0, 0.05) is 23.2 Å². The molecule has 1 aliphatic carbocycles. The number of piperidine rings is 2. The summed E-state index contributed by atoms with van der Waals surface area (Å²) in [6, 6.07) is 6.16. The summed E-state index contributed by atoms with van der Waals surface area (Å²) in [4.78, 5) is 6.55. The predicted octanol–water partition coefficient (Wildman–Crippen LogP) is 3.81. The van der Waals surface area contributed by atoms with E-state index in [9.17, 15) is 9.50 Å². The molecule has 1 aromatic carbocycles. The molecule has 2 aromatic heterocycles. The van der Waals surface area contributed by atoms with Gasteiger partial charge in [0.15, 0.2) is 23.2 Å². The van der Waals surface area contributed by atoms with Crippen LogP contribution in [0.3, 0.4) is 0 Å². The van der Waals surface area contributed by atoms with Crippen molar-refractivity contribution in [2.75, 3.05) is 4.90 Å². The Labute approximate surface area is 213 Å². The van der Waals surface area contributed by atoms with Crippen LogP contribution in [-0.2, 0) is 0 Å². The molecule has 2 bridgehead atoms. The third-order valence-electron chi connectivity index (χ3n) is 7.99. The van der Waals surface area contributed by atoms with Gasteiger partial charge in [-0.3, -0.25) is 0 Å². The molecule has 3 aliphatic rings. The lowest BCUT2D eigenvalue weighted by Gasteiger charge is -2.57. The lowest BCUT2D eigenvalue weighted by atomic mass is 9.68. The Balaban J connectivity index is 1.28. The maximum Gasteiger partial charge on any atom is 0.198 e. The van der Waals surface area contributed by atoms with Crippen molar-refractivity contribution in [2.24, 2.45) is 0 Å². The number of hydrogen-bond acceptors (Lipinski definition) is 8. The molecule has 192 valence electrons. The van der Waals surface area contributed by atoms with Gasteiger partial charge in [0.05, 0.1) is 29.7 Å². The maximum atomic E-state index is 16.0. The highest BCUT2D eigenvalue weighted by Crippen LogP contribution is 2.46. The number of phenols is 1. The molecule has 0 spiro atoms. The van der Waals surface area contributed by atoms with E-state index >= 15 is 4.39 Å². The standard InChI is InChI=1S/C26H28F2N8O/c1-25-8-3-9-26(2,34-25)23(28)20(11-25)36(15-4-5-15)22-13-30-24(32-31-22)17-7-6-16(10-21(17)37)35-14-18(27)19(12-29)33-35/h6-7,10,13-15,20,23,34,37H,3-5,8-9,11H2,1-2H3/t20-,23-,25-,26+/m0/s1. The van der Waals surface area contributed by atoms with E-state index in [1.807, 2.05) is 6.92 Å². The molecule has 1 saturated carbocycles. The number of hydrogen-bond donors (Lipinski definition) is 2. The van der Waals surface area contributed by atoms with E-state index < -0.39 is 17.5 Å². The number of nitrogens with zero attached hydrogens (tertiary/aromatic N) is 7. The maximum absolute atomic E-state index is 16.0. The van der Waals surface area contributed by atoms with Gasteiger partial charge in [0.2, 0.25) is 0 Å². The molecule has 37 heavy (non-hydrogen) atoms. The molecular weight excluding hydrogens is 478 g/mol. The van der Waals surface area contributed by atoms with Crippen LogP contribution in [0.1, 0.15) is 58.1 Å². The molecule has 0 radical (unpaired) electrons. The number of nitrogens with one attached hydrogen (secondary N) is 1. The average molecular weight is 507 g/mol. The fourth-order valence-corrected chi connectivity index (χ4v) is 6.15. The molecule has 3 aromatic rings. The summed E-state index contributed by atoms with van der Waals surface area (Å²) < 4.78 is 30.9. The number of aromatic hydroxyl groups is 1. The first-order valence-corrected chi connectivity index (χ1v) is 12.6. The highest BCUT2D eigenvalue weighted by Gasteiger charge is 2.55. The van der Waals surface area contributed by atoms with E-state index in [2.05, 4.69) is 37.4 Å². The topological polar surface area (TPSA) is 116 Å². The van der Waals surface area contributed by atoms with Crippen molar-refractivity contribution < 1.29 is 13.9 Å². The zero-order chi connectivity index (χ0) is 25.9. The summed E-state index contributed by atoms with van der Waals surface area (Å²) in [5.41, 5.74) is -0.300. The molecule has 11 heteroatoms. The van der Waals surface area contributed by atoms with E-state index in [4.69, 9.17) is 5.26 Å². The number of alkyl halides is 1. The number of phenolic OH excluding ortho intramolecular Hbond substituents is 1. The Morgan fingerprint density at radius 2 is 2.05 bits per heavy atom. The Morgan fingerprint density at radius 3 is 2.70 bits per heavy atom. The van der Waals surface area contributed by atoms with Crippen LogP contribution in [0.15, 0.2) is 30.6 Å². The number of benzene rings is 1. The lowest BCUT2D eigenvalue weighted by molar-refractivity contribution is 0.000258. The van der Waals surface area contributed by atoms with Gasteiger partial charge < -0.3 is 15.3 Å². The van der Waals surface area contributed by atoms with Gasteiger partial charge in [-0.25, -0.2) is 18.4 Å². The van der Waals surface area contributed by atoms with Gasteiger partial charge in [0.25, 0.3) is 0 Å². The molecule has 2 aliphatic heterocycles. The van der Waals surface area contributed by atoms with Crippen molar-refractivity contribution in [1.82, 2.24) is 30.3 Å². The normalized spacial score (nSPS) is 29.1. The van der Waals surface area contributed by atoms with Gasteiger partial charge >= 0.3 is 0 Å². The summed E-state index contributed by atoms with van der Waals surface area (Å²) in [6.45, 7) is 4.18. The molecule has 9 nitrogen and oxygen atoms in total. The van der Waals surface area contributed by atoms with Crippen molar-refractivity contribution in [3.63, 3.8) is 0 Å². The SMILES string of the molecule is C[C@@]12CCC[C@@](C)(N1)[C@@H](F)[C@@H](N(c1cnc(-c3ccc(-n4cc(F)c(C#N)n4)cc3O)nn1)C1CC1)C2. The third-order valence-corrected chi connectivity index (χ3v) is 7.99. The Kier molecular flexibility index (Phi) is 5.42. The number of aromatic nitrogens is 5. The largest absolute Gasteiger partial charge is 0.507 e. The van der Waals surface area contributed by atoms with Crippen LogP contribution in [0.25, 0.3) is 17.1 Å². The number of nitriles is 1. The lowest BCUT2D eigenvalue weighted by Crippen LogP contribution is -2.73. The van der Waals surface area contributed by atoms with Crippen LogP contribution >= 0.6 is 0 Å². The molecule has 0 amide bonds. The van der Waals surface area contributed by atoms with Crippen molar-refractivity contribution in [2.45, 2.75) is 81.7 Å². The van der Waals surface area contributed by atoms with Gasteiger partial charge in [-0.1, -0.05) is 0 Å². The minimum Gasteiger partial charge on any atom is -0.507 e. The first-order valence-electron chi connectivity index (χ1n) is 12.6. The van der Waals surface area contributed by atoms with E-state index in [-0.39, 0.29) is 34.9 Å². The summed E-state index contributed by atoms with van der Waals surface area (Å²) in [5.74, 6) is -0.134. The van der Waals surface area contributed by atoms with Crippen molar-refractivity contribution in [1.29, 1.82) is 5.26 Å². The second-order valence-corrected chi connectivity index (χ2v) is 11.0. The molecule has 4 atom stereocenters. The summed E-state index contributed by atoms with van der Waals surface area (Å²) >= 11 is 0. The van der Waals surface area contributed by atoms with Crippen LogP contribution in [0.5, 0.6) is 5.75 Å². The smallest absolute Gasteiger partial charge is 0.198 e. The quantitative estimate of drug-likeness (QED) is 0.537. The van der Waals surface area contributed by atoms with E-state index in [0.29, 0.717) is 23.5 Å². The first kappa shape index (κ1) is 23.7. The number of fused-ring (bicyclic) bond motifs is 2. The fraction of sp³-hybridized carbons (Fsp3) is 0.500. The Hall–Kier alpha value is -3.65. The van der Waals surface area contributed by atoms with Gasteiger partial charge in [-0.05, 0) is 64.5 Å². The van der Waals surface area contributed by atoms with E-state index in [0.717, 1.165) is 38.3 Å². The van der Waals surface area contributed by atoms with E-state index in [1.54, 1.807) is 24.4 Å². The van der Waals surface area contributed by atoms with Crippen LogP contribution in [0.4, 0.5) is 14.6 Å².